The number of nitrogens with one attached hydrogen (secondary N) is 1. The zero-order chi connectivity index (χ0) is 18.5. The van der Waals surface area contributed by atoms with Crippen LogP contribution >= 0.6 is 0 Å². The van der Waals surface area contributed by atoms with Gasteiger partial charge in [-0.05, 0) is 29.8 Å². The van der Waals surface area contributed by atoms with Crippen LogP contribution in [0.4, 0.5) is 8.78 Å². The molecule has 26 heavy (non-hydrogen) atoms. The predicted molar refractivity (Wildman–Crippen MR) is 90.9 cm³/mol. The summed E-state index contributed by atoms with van der Waals surface area (Å²) in [7, 11) is 0. The molecule has 0 saturated heterocycles. The van der Waals surface area contributed by atoms with Crippen molar-refractivity contribution in [1.82, 2.24) is 14.9 Å². The molecule has 0 aliphatic rings. The molecule has 134 valence electrons. The molecule has 6 nitrogen and oxygen atoms in total. The Labute approximate surface area is 147 Å². The van der Waals surface area contributed by atoms with E-state index in [1.54, 1.807) is 36.4 Å². The second-order valence-corrected chi connectivity index (χ2v) is 5.49. The molecule has 3 rings (SSSR count). The summed E-state index contributed by atoms with van der Waals surface area (Å²) in [5, 5.41) is 3.11. The topological polar surface area (TPSA) is 73.2 Å². The Morgan fingerprint density at radius 3 is 2.62 bits per heavy atom. The van der Waals surface area contributed by atoms with Crippen LogP contribution in [0.2, 0.25) is 0 Å². The summed E-state index contributed by atoms with van der Waals surface area (Å²) in [6.45, 7) is -2.85. The van der Waals surface area contributed by atoms with Gasteiger partial charge < -0.3 is 10.1 Å². The summed E-state index contributed by atoms with van der Waals surface area (Å²) in [4.78, 5) is 28.5. The quantitative estimate of drug-likeness (QED) is 0.733. The molecule has 0 saturated carbocycles. The summed E-state index contributed by atoms with van der Waals surface area (Å²) in [5.41, 5.74) is 0.989. The van der Waals surface area contributed by atoms with E-state index in [1.807, 2.05) is 0 Å². The van der Waals surface area contributed by atoms with E-state index in [0.29, 0.717) is 16.5 Å². The lowest BCUT2D eigenvalue weighted by molar-refractivity contribution is -0.121. The first kappa shape index (κ1) is 17.5. The van der Waals surface area contributed by atoms with Crippen molar-refractivity contribution in [2.24, 2.45) is 0 Å². The summed E-state index contributed by atoms with van der Waals surface area (Å²) in [6, 6.07) is 12.8. The maximum Gasteiger partial charge on any atom is 0.387 e. The Balaban J connectivity index is 1.61. The Morgan fingerprint density at radius 2 is 1.88 bits per heavy atom. The average Bonchev–Trinajstić information content (AvgIpc) is 2.63. The number of carbonyl (C=O) groups excluding carboxylic acids is 1. The molecule has 1 heterocycles. The van der Waals surface area contributed by atoms with Crippen molar-refractivity contribution in [2.75, 3.05) is 0 Å². The molecule has 0 unspecified atom stereocenters. The highest BCUT2D eigenvalue weighted by Crippen LogP contribution is 2.14. The Hall–Kier alpha value is -3.29. The van der Waals surface area contributed by atoms with E-state index in [0.717, 1.165) is 0 Å². The molecule has 0 aliphatic heterocycles. The van der Waals surface area contributed by atoms with Crippen LogP contribution in [0.1, 0.15) is 5.56 Å². The number of rotatable bonds is 6. The zero-order valence-electron chi connectivity index (χ0n) is 13.6. The molecule has 0 bridgehead atoms. The monoisotopic (exact) mass is 359 g/mol. The molecule has 1 amide bonds. The van der Waals surface area contributed by atoms with Gasteiger partial charge in [-0.1, -0.05) is 24.3 Å². The van der Waals surface area contributed by atoms with E-state index < -0.39 is 6.61 Å². The van der Waals surface area contributed by atoms with Crippen LogP contribution in [-0.4, -0.2) is 22.1 Å². The van der Waals surface area contributed by atoms with Gasteiger partial charge in [-0.25, -0.2) is 4.98 Å². The van der Waals surface area contributed by atoms with Gasteiger partial charge in [0.2, 0.25) is 5.91 Å². The van der Waals surface area contributed by atoms with Gasteiger partial charge in [-0.2, -0.15) is 8.78 Å². The number of aromatic nitrogens is 2. The minimum absolute atomic E-state index is 0.0452. The third kappa shape index (κ3) is 4.21. The summed E-state index contributed by atoms with van der Waals surface area (Å²) < 4.78 is 29.7. The number of nitrogens with zero attached hydrogens (tertiary/aromatic N) is 2. The highest BCUT2D eigenvalue weighted by atomic mass is 19.3. The van der Waals surface area contributed by atoms with E-state index in [1.165, 1.54) is 23.0 Å². The Bertz CT molecular complexity index is 971. The molecule has 0 aliphatic carbocycles. The smallest absolute Gasteiger partial charge is 0.387 e. The fourth-order valence-electron chi connectivity index (χ4n) is 2.42. The van der Waals surface area contributed by atoms with Crippen molar-refractivity contribution in [3.05, 3.63) is 70.8 Å². The van der Waals surface area contributed by atoms with Crippen LogP contribution in [0.5, 0.6) is 5.75 Å². The predicted octanol–water partition coefficient (Wildman–Crippen LogP) is 2.31. The molecule has 0 fully saturated rings. The van der Waals surface area contributed by atoms with Gasteiger partial charge in [-0.3, -0.25) is 14.2 Å². The van der Waals surface area contributed by atoms with Crippen LogP contribution in [-0.2, 0) is 17.9 Å². The third-order valence-corrected chi connectivity index (χ3v) is 3.68. The van der Waals surface area contributed by atoms with Crippen LogP contribution in [0.25, 0.3) is 10.9 Å². The van der Waals surface area contributed by atoms with Crippen LogP contribution in [0, 0.1) is 0 Å². The van der Waals surface area contributed by atoms with Crippen LogP contribution < -0.4 is 15.6 Å². The van der Waals surface area contributed by atoms with Gasteiger partial charge in [0, 0.05) is 6.54 Å². The lowest BCUT2D eigenvalue weighted by Crippen LogP contribution is -2.32. The molecule has 1 N–H and O–H groups in total. The molecule has 1 aromatic heterocycles. The van der Waals surface area contributed by atoms with Crippen molar-refractivity contribution in [1.29, 1.82) is 0 Å². The second-order valence-electron chi connectivity index (χ2n) is 5.49. The van der Waals surface area contributed by atoms with Crippen molar-refractivity contribution in [3.8, 4) is 5.75 Å². The first-order chi connectivity index (χ1) is 12.5. The molecule has 0 spiro atoms. The number of para-hydroxylation sites is 1. The zero-order valence-corrected chi connectivity index (χ0v) is 13.6. The summed E-state index contributed by atoms with van der Waals surface area (Å²) in [6.07, 6.45) is 1.33. The van der Waals surface area contributed by atoms with Gasteiger partial charge in [0.05, 0.1) is 17.2 Å². The minimum atomic E-state index is -2.88. The van der Waals surface area contributed by atoms with Gasteiger partial charge in [-0.15, -0.1) is 0 Å². The highest BCUT2D eigenvalue weighted by Gasteiger charge is 2.08. The maximum absolute atomic E-state index is 12.3. The molecule has 2 aromatic carbocycles. The normalized spacial score (nSPS) is 10.9. The molecule has 0 radical (unpaired) electrons. The summed E-state index contributed by atoms with van der Waals surface area (Å²) in [5.74, 6) is -0.319. The van der Waals surface area contributed by atoms with Crippen molar-refractivity contribution < 1.29 is 18.3 Å². The average molecular weight is 359 g/mol. The first-order valence-corrected chi connectivity index (χ1v) is 7.77. The standard InChI is InChI=1S/C18H15F2N3O3/c19-18(20)26-13-7-5-12(6-8-13)9-21-16(24)10-23-11-22-15-4-2-1-3-14(15)17(23)25/h1-8,11,18H,9-10H2,(H,21,24). The van der Waals surface area contributed by atoms with Gasteiger partial charge in [0.15, 0.2) is 0 Å². The fraction of sp³-hybridized carbons (Fsp3) is 0.167. The number of amides is 1. The van der Waals surface area contributed by atoms with E-state index in [4.69, 9.17) is 0 Å². The number of alkyl halides is 2. The minimum Gasteiger partial charge on any atom is -0.435 e. The van der Waals surface area contributed by atoms with Crippen molar-refractivity contribution in [3.63, 3.8) is 0 Å². The molecule has 8 heteroatoms. The van der Waals surface area contributed by atoms with Crippen molar-refractivity contribution >= 4 is 16.8 Å². The van der Waals surface area contributed by atoms with Crippen molar-refractivity contribution in [2.45, 2.75) is 19.7 Å². The van der Waals surface area contributed by atoms with Gasteiger partial charge in [0.1, 0.15) is 12.3 Å². The Kier molecular flexibility index (Phi) is 5.21. The number of fused-ring (bicyclic) bond motifs is 1. The van der Waals surface area contributed by atoms with Crippen LogP contribution in [0.15, 0.2) is 59.7 Å². The van der Waals surface area contributed by atoms with E-state index in [-0.39, 0.29) is 30.3 Å². The van der Waals surface area contributed by atoms with Gasteiger partial charge in [0.25, 0.3) is 5.56 Å². The molecular weight excluding hydrogens is 344 g/mol. The van der Waals surface area contributed by atoms with E-state index in [9.17, 15) is 18.4 Å². The van der Waals surface area contributed by atoms with E-state index >= 15 is 0 Å². The Morgan fingerprint density at radius 1 is 1.15 bits per heavy atom. The number of halogens is 2. The SMILES string of the molecule is O=C(Cn1cnc2ccccc2c1=O)NCc1ccc(OC(F)F)cc1. The van der Waals surface area contributed by atoms with E-state index in [2.05, 4.69) is 15.0 Å². The number of hydrogen-bond acceptors (Lipinski definition) is 4. The third-order valence-electron chi connectivity index (χ3n) is 3.68. The number of carbonyl (C=O) groups is 1. The maximum atomic E-state index is 12.3. The number of benzene rings is 2. The summed E-state index contributed by atoms with van der Waals surface area (Å²) >= 11 is 0. The molecule has 3 aromatic rings. The van der Waals surface area contributed by atoms with Gasteiger partial charge >= 0.3 is 6.61 Å². The second kappa shape index (κ2) is 7.73. The number of hydrogen-bond donors (Lipinski definition) is 1. The fourth-order valence-corrected chi connectivity index (χ4v) is 2.42. The largest absolute Gasteiger partial charge is 0.435 e. The first-order valence-electron chi connectivity index (χ1n) is 7.77. The molecule has 0 atom stereocenters. The lowest BCUT2D eigenvalue weighted by Gasteiger charge is -2.09. The lowest BCUT2D eigenvalue weighted by atomic mass is 10.2. The molecular formula is C18H15F2N3O3. The highest BCUT2D eigenvalue weighted by molar-refractivity contribution is 5.78. The number of ether oxygens (including phenoxy) is 1. The van der Waals surface area contributed by atoms with Crippen LogP contribution in [0.3, 0.4) is 0 Å².